The number of anilines is 1. The monoisotopic (exact) mass is 573 g/mol. The smallest absolute Gasteiger partial charge is 0.296 e. The van der Waals surface area contributed by atoms with Gasteiger partial charge in [-0.25, -0.2) is 13.8 Å². The highest BCUT2D eigenvalue weighted by atomic mass is 19.3. The molecule has 5 rings (SSSR count). The van der Waals surface area contributed by atoms with Crippen molar-refractivity contribution in [2.45, 2.75) is 51.2 Å². The van der Waals surface area contributed by atoms with Crippen LogP contribution in [-0.4, -0.2) is 96.0 Å². The summed E-state index contributed by atoms with van der Waals surface area (Å²) in [5.74, 6) is 0.934. The number of likely N-dealkylation sites (N-methyl/N-ethyl adjacent to an activating group) is 1. The number of imidazole rings is 1. The van der Waals surface area contributed by atoms with E-state index in [9.17, 15) is 13.6 Å². The first kappa shape index (κ1) is 28.9. The van der Waals surface area contributed by atoms with E-state index in [0.717, 1.165) is 25.7 Å². The fraction of sp³-hybridized carbons (Fsp3) is 0.571. The highest BCUT2D eigenvalue weighted by Gasteiger charge is 2.27. The van der Waals surface area contributed by atoms with Crippen LogP contribution in [0.5, 0.6) is 11.6 Å². The molecule has 41 heavy (non-hydrogen) atoms. The van der Waals surface area contributed by atoms with Crippen LogP contribution in [0.25, 0.3) is 16.9 Å². The third-order valence-electron chi connectivity index (χ3n) is 7.16. The fourth-order valence-electron chi connectivity index (χ4n) is 5.29. The van der Waals surface area contributed by atoms with Crippen LogP contribution in [0.4, 0.5) is 14.7 Å². The number of nitrogens with one attached hydrogen (secondary N) is 1. The number of hydrogen-bond acceptors (Lipinski definition) is 9. The molecule has 1 saturated carbocycles. The van der Waals surface area contributed by atoms with Crippen molar-refractivity contribution in [2.75, 3.05) is 58.5 Å². The number of halogens is 2. The minimum atomic E-state index is -2.85. The maximum Gasteiger partial charge on any atom is 0.296 e. The molecule has 1 aliphatic heterocycles. The zero-order chi connectivity index (χ0) is 28.9. The largest absolute Gasteiger partial charge is 0.492 e. The summed E-state index contributed by atoms with van der Waals surface area (Å²) in [5.41, 5.74) is 0.797. The normalized spacial score (nSPS) is 19.6. The molecule has 222 valence electrons. The second-order valence-corrected chi connectivity index (χ2v) is 10.5. The van der Waals surface area contributed by atoms with Gasteiger partial charge in [0, 0.05) is 25.2 Å². The van der Waals surface area contributed by atoms with Gasteiger partial charge in [0.2, 0.25) is 17.7 Å². The summed E-state index contributed by atoms with van der Waals surface area (Å²) in [5, 5.41) is 3.09. The van der Waals surface area contributed by atoms with Crippen LogP contribution in [0.15, 0.2) is 24.3 Å². The molecule has 1 saturated heterocycles. The van der Waals surface area contributed by atoms with E-state index in [1.165, 1.54) is 4.57 Å². The number of morpholine rings is 1. The second-order valence-electron chi connectivity index (χ2n) is 10.5. The lowest BCUT2D eigenvalue weighted by Crippen LogP contribution is -2.43. The summed E-state index contributed by atoms with van der Waals surface area (Å²) < 4.78 is 47.5. The van der Waals surface area contributed by atoms with Gasteiger partial charge in [-0.15, -0.1) is 0 Å². The Morgan fingerprint density at radius 2 is 1.90 bits per heavy atom. The number of ether oxygens (including phenoxy) is 3. The van der Waals surface area contributed by atoms with Gasteiger partial charge in [-0.1, -0.05) is 6.07 Å². The van der Waals surface area contributed by atoms with Crippen molar-refractivity contribution in [2.24, 2.45) is 0 Å². The number of para-hydroxylation sites is 1. The van der Waals surface area contributed by atoms with Crippen molar-refractivity contribution >= 4 is 22.9 Å². The molecule has 1 aromatic carbocycles. The Balaban J connectivity index is 1.45. The van der Waals surface area contributed by atoms with Gasteiger partial charge in [-0.05, 0) is 58.8 Å². The number of alkyl halides is 2. The van der Waals surface area contributed by atoms with Crippen molar-refractivity contribution in [1.82, 2.24) is 29.7 Å². The van der Waals surface area contributed by atoms with E-state index >= 15 is 0 Å². The van der Waals surface area contributed by atoms with Crippen LogP contribution in [0, 0.1) is 0 Å². The zero-order valence-corrected chi connectivity index (χ0v) is 23.7. The maximum absolute atomic E-state index is 14.3. The molecule has 0 unspecified atom stereocenters. The van der Waals surface area contributed by atoms with Gasteiger partial charge in [0.15, 0.2) is 5.82 Å². The van der Waals surface area contributed by atoms with E-state index in [2.05, 4.69) is 15.3 Å². The van der Waals surface area contributed by atoms with Crippen LogP contribution >= 0.6 is 0 Å². The third-order valence-corrected chi connectivity index (χ3v) is 7.16. The Morgan fingerprint density at radius 1 is 1.15 bits per heavy atom. The van der Waals surface area contributed by atoms with Crippen molar-refractivity contribution in [3.63, 3.8) is 0 Å². The molecule has 3 heterocycles. The molecule has 0 radical (unpaired) electrons. The first-order valence-electron chi connectivity index (χ1n) is 14.1. The lowest BCUT2D eigenvalue weighted by molar-refractivity contribution is -0.122. The molecular formula is C28H37F2N7O4. The molecular weight excluding hydrogens is 536 g/mol. The summed E-state index contributed by atoms with van der Waals surface area (Å²) in [6.07, 6.45) is 0.0391. The van der Waals surface area contributed by atoms with Gasteiger partial charge in [0.05, 0.1) is 31.9 Å². The van der Waals surface area contributed by atoms with Crippen molar-refractivity contribution in [3.8, 4) is 17.4 Å². The standard InChI is InChI=1S/C28H37F2N7O4/c1-4-40-21-7-5-6-20-25(21)34-27(26(29)30)37(20)22-16-24(33-28(32-22)36-12-14-39-15-13-36)41-19-10-8-18(9-11-19)31-23(38)17-35(2)3/h5-7,16,18-19,26H,4,8-15,17H2,1-3H3,(H,31,38). The number of nitrogens with zero attached hydrogens (tertiary/aromatic N) is 6. The Hall–Kier alpha value is -3.58. The molecule has 2 aliphatic rings. The first-order chi connectivity index (χ1) is 19.8. The van der Waals surface area contributed by atoms with E-state index in [4.69, 9.17) is 19.2 Å². The van der Waals surface area contributed by atoms with Crippen LogP contribution < -0.4 is 19.7 Å². The quantitative estimate of drug-likeness (QED) is 0.391. The van der Waals surface area contributed by atoms with Crippen LogP contribution in [0.2, 0.25) is 0 Å². The number of amides is 1. The van der Waals surface area contributed by atoms with Crippen molar-refractivity contribution in [3.05, 3.63) is 30.1 Å². The average molecular weight is 574 g/mol. The van der Waals surface area contributed by atoms with E-state index in [0.29, 0.717) is 68.1 Å². The van der Waals surface area contributed by atoms with Crippen LogP contribution in [-0.2, 0) is 9.53 Å². The summed E-state index contributed by atoms with van der Waals surface area (Å²) in [6, 6.07) is 6.87. The topological polar surface area (TPSA) is 107 Å². The molecule has 2 fully saturated rings. The Morgan fingerprint density at radius 3 is 2.59 bits per heavy atom. The van der Waals surface area contributed by atoms with Crippen LogP contribution in [0.3, 0.4) is 0 Å². The molecule has 13 heteroatoms. The Bertz CT molecular complexity index is 1340. The van der Waals surface area contributed by atoms with Crippen LogP contribution in [0.1, 0.15) is 44.9 Å². The Kier molecular flexibility index (Phi) is 9.13. The molecule has 1 amide bonds. The molecule has 1 N–H and O–H groups in total. The number of carbonyl (C=O) groups is 1. The zero-order valence-electron chi connectivity index (χ0n) is 23.7. The Labute approximate surface area is 237 Å². The highest BCUT2D eigenvalue weighted by Crippen LogP contribution is 2.34. The molecule has 0 spiro atoms. The SMILES string of the molecule is CCOc1cccc2c1nc(C(F)F)n2-c1cc(OC2CCC(NC(=O)CN(C)C)CC2)nc(N2CCOCC2)n1. The van der Waals surface area contributed by atoms with Crippen molar-refractivity contribution in [1.29, 1.82) is 0 Å². The first-order valence-corrected chi connectivity index (χ1v) is 14.1. The van der Waals surface area contributed by atoms with Gasteiger partial charge in [0.25, 0.3) is 6.43 Å². The predicted molar refractivity (Wildman–Crippen MR) is 149 cm³/mol. The molecule has 0 bridgehead atoms. The molecule has 2 aromatic heterocycles. The van der Waals surface area contributed by atoms with Gasteiger partial charge in [0.1, 0.15) is 23.2 Å². The number of rotatable bonds is 10. The maximum atomic E-state index is 14.3. The van der Waals surface area contributed by atoms with E-state index in [-0.39, 0.29) is 23.9 Å². The predicted octanol–water partition coefficient (Wildman–Crippen LogP) is 3.36. The minimum Gasteiger partial charge on any atom is -0.492 e. The lowest BCUT2D eigenvalue weighted by atomic mass is 9.93. The van der Waals surface area contributed by atoms with Crippen molar-refractivity contribution < 1.29 is 27.8 Å². The third kappa shape index (κ3) is 6.84. The number of benzene rings is 1. The van der Waals surface area contributed by atoms with E-state index < -0.39 is 12.2 Å². The number of fused-ring (bicyclic) bond motifs is 1. The van der Waals surface area contributed by atoms with Gasteiger partial charge >= 0.3 is 0 Å². The number of aromatic nitrogens is 4. The van der Waals surface area contributed by atoms with Gasteiger partial charge in [-0.2, -0.15) is 9.97 Å². The van der Waals surface area contributed by atoms with Gasteiger partial charge in [-0.3, -0.25) is 9.36 Å². The van der Waals surface area contributed by atoms with Gasteiger partial charge < -0.3 is 29.3 Å². The minimum absolute atomic E-state index is 0.00449. The fourth-order valence-corrected chi connectivity index (χ4v) is 5.29. The number of carbonyl (C=O) groups excluding carboxylic acids is 1. The summed E-state index contributed by atoms with van der Waals surface area (Å²) in [4.78, 5) is 29.6. The summed E-state index contributed by atoms with van der Waals surface area (Å²) in [6.45, 7) is 4.73. The average Bonchev–Trinajstić information content (AvgIpc) is 3.35. The summed E-state index contributed by atoms with van der Waals surface area (Å²) in [7, 11) is 3.72. The molecule has 0 atom stereocenters. The lowest BCUT2D eigenvalue weighted by Gasteiger charge is -2.30. The van der Waals surface area contributed by atoms with E-state index in [1.54, 1.807) is 24.3 Å². The number of hydrogen-bond donors (Lipinski definition) is 1. The molecule has 3 aromatic rings. The molecule has 1 aliphatic carbocycles. The highest BCUT2D eigenvalue weighted by molar-refractivity contribution is 5.84. The van der Waals surface area contributed by atoms with E-state index in [1.807, 2.05) is 30.8 Å². The molecule has 11 nitrogen and oxygen atoms in total. The summed E-state index contributed by atoms with van der Waals surface area (Å²) >= 11 is 0. The second kappa shape index (κ2) is 12.9.